The molecule has 0 aromatic heterocycles. The van der Waals surface area contributed by atoms with Gasteiger partial charge in [-0.3, -0.25) is 9.59 Å². The van der Waals surface area contributed by atoms with Gasteiger partial charge in [-0.1, -0.05) is 18.5 Å². The summed E-state index contributed by atoms with van der Waals surface area (Å²) in [4.78, 5) is 20.7. The molecular formula is C5H8O2P2. The Morgan fingerprint density at radius 3 is 1.89 bits per heavy atom. The Bertz CT molecular complexity index is 172. The quantitative estimate of drug-likeness (QED) is 0.443. The molecule has 2 atom stereocenters. The van der Waals surface area contributed by atoms with Crippen LogP contribution in [-0.2, 0) is 9.59 Å². The second-order valence-corrected chi connectivity index (χ2v) is 2.69. The molecule has 0 radical (unpaired) electrons. The van der Waals surface area contributed by atoms with Crippen LogP contribution < -0.4 is 0 Å². The number of allylic oxidation sites excluding steroid dienone is 2. The van der Waals surface area contributed by atoms with E-state index >= 15 is 0 Å². The lowest BCUT2D eigenvalue weighted by Gasteiger charge is -1.88. The van der Waals surface area contributed by atoms with Crippen molar-refractivity contribution in [2.45, 2.75) is 6.92 Å². The third-order valence-corrected chi connectivity index (χ3v) is 1.37. The van der Waals surface area contributed by atoms with Crippen molar-refractivity contribution in [3.05, 3.63) is 11.6 Å². The van der Waals surface area contributed by atoms with Gasteiger partial charge in [0.15, 0.2) is 11.0 Å². The zero-order chi connectivity index (χ0) is 7.44. The van der Waals surface area contributed by atoms with E-state index in [0.717, 1.165) is 0 Å². The van der Waals surface area contributed by atoms with Crippen LogP contribution >= 0.6 is 18.5 Å². The Morgan fingerprint density at radius 2 is 1.78 bits per heavy atom. The van der Waals surface area contributed by atoms with Crippen LogP contribution in [0.25, 0.3) is 0 Å². The van der Waals surface area contributed by atoms with Gasteiger partial charge in [0.05, 0.1) is 0 Å². The van der Waals surface area contributed by atoms with E-state index in [0.29, 0.717) is 5.57 Å². The van der Waals surface area contributed by atoms with Crippen molar-refractivity contribution in [1.29, 1.82) is 0 Å². The van der Waals surface area contributed by atoms with Crippen molar-refractivity contribution < 1.29 is 9.59 Å². The molecule has 0 N–H and O–H groups in total. The third kappa shape index (κ3) is 4.44. The van der Waals surface area contributed by atoms with Gasteiger partial charge in [0.2, 0.25) is 0 Å². The smallest absolute Gasteiger partial charge is 0.173 e. The van der Waals surface area contributed by atoms with Crippen molar-refractivity contribution in [2.24, 2.45) is 0 Å². The average molecular weight is 162 g/mol. The van der Waals surface area contributed by atoms with Crippen LogP contribution in [0, 0.1) is 0 Å². The Labute approximate surface area is 58.5 Å². The maximum absolute atomic E-state index is 10.4. The highest BCUT2D eigenvalue weighted by molar-refractivity contribution is 7.42. The zero-order valence-corrected chi connectivity index (χ0v) is 7.36. The lowest BCUT2D eigenvalue weighted by atomic mass is 10.3. The van der Waals surface area contributed by atoms with E-state index in [1.807, 2.05) is 18.5 Å². The van der Waals surface area contributed by atoms with Crippen molar-refractivity contribution in [2.75, 3.05) is 0 Å². The summed E-state index contributed by atoms with van der Waals surface area (Å²) >= 11 is 0. The molecule has 0 aromatic rings. The first-order chi connectivity index (χ1) is 4.04. The number of hydrogen-bond donors (Lipinski definition) is 0. The highest BCUT2D eigenvalue weighted by Crippen LogP contribution is 2.02. The Balaban J connectivity index is 4.17. The van der Waals surface area contributed by atoms with Crippen molar-refractivity contribution >= 4 is 29.5 Å². The minimum atomic E-state index is -0.177. The Hall–Kier alpha value is -0.0600. The second-order valence-electron chi connectivity index (χ2n) is 1.59. The summed E-state index contributed by atoms with van der Waals surface area (Å²) in [5.41, 5.74) is 0.133. The van der Waals surface area contributed by atoms with E-state index < -0.39 is 0 Å². The number of carbonyl (C=O) groups is 2. The van der Waals surface area contributed by atoms with Crippen LogP contribution in [0.15, 0.2) is 11.6 Å². The fraction of sp³-hybridized carbons (Fsp3) is 0.200. The van der Waals surface area contributed by atoms with E-state index in [1.165, 1.54) is 6.08 Å². The molecule has 2 unspecified atom stereocenters. The lowest BCUT2D eigenvalue weighted by Crippen LogP contribution is -1.89. The first-order valence-corrected chi connectivity index (χ1v) is 3.47. The number of carbonyl (C=O) groups excluding carboxylic acids is 2. The molecule has 0 aliphatic heterocycles. The van der Waals surface area contributed by atoms with Gasteiger partial charge in [0.25, 0.3) is 0 Å². The lowest BCUT2D eigenvalue weighted by molar-refractivity contribution is -0.109. The third-order valence-electron chi connectivity index (χ3n) is 0.747. The second kappa shape index (κ2) is 3.87. The minimum Gasteiger partial charge on any atom is -0.290 e. The van der Waals surface area contributed by atoms with E-state index in [9.17, 15) is 9.59 Å². The first-order valence-electron chi connectivity index (χ1n) is 2.31. The molecule has 0 heterocycles. The molecule has 50 valence electrons. The van der Waals surface area contributed by atoms with E-state index in [2.05, 4.69) is 0 Å². The van der Waals surface area contributed by atoms with Crippen LogP contribution in [0.4, 0.5) is 0 Å². The van der Waals surface area contributed by atoms with Gasteiger partial charge in [0.1, 0.15) is 0 Å². The molecule has 4 heteroatoms. The van der Waals surface area contributed by atoms with Gasteiger partial charge in [-0.25, -0.2) is 0 Å². The first kappa shape index (κ1) is 8.94. The van der Waals surface area contributed by atoms with Crippen molar-refractivity contribution in [1.82, 2.24) is 0 Å². The predicted octanol–water partition coefficient (Wildman–Crippen LogP) is 0.736. The van der Waals surface area contributed by atoms with E-state index in [4.69, 9.17) is 0 Å². The topological polar surface area (TPSA) is 34.1 Å². The van der Waals surface area contributed by atoms with Crippen LogP contribution in [0.5, 0.6) is 0 Å². The summed E-state index contributed by atoms with van der Waals surface area (Å²) in [7, 11) is 3.96. The van der Waals surface area contributed by atoms with Gasteiger partial charge in [-0.15, -0.1) is 0 Å². The maximum atomic E-state index is 10.4. The summed E-state index contributed by atoms with van der Waals surface area (Å²) in [5.74, 6) is 0. The fourth-order valence-electron chi connectivity index (χ4n) is 0.285. The molecule has 0 saturated carbocycles. The molecule has 0 bridgehead atoms. The number of rotatable bonds is 2. The zero-order valence-electron chi connectivity index (χ0n) is 5.05. The van der Waals surface area contributed by atoms with Crippen LogP contribution in [-0.4, -0.2) is 11.0 Å². The molecule has 0 spiro atoms. The Morgan fingerprint density at radius 1 is 1.33 bits per heavy atom. The predicted molar refractivity (Wildman–Crippen MR) is 43.2 cm³/mol. The summed E-state index contributed by atoms with van der Waals surface area (Å²) in [6, 6.07) is 0. The van der Waals surface area contributed by atoms with Crippen LogP contribution in [0.1, 0.15) is 6.92 Å². The molecule has 9 heavy (non-hydrogen) atoms. The summed E-state index contributed by atoms with van der Waals surface area (Å²) in [5, 5.41) is 0. The normalized spacial score (nSPS) is 11.2. The van der Waals surface area contributed by atoms with Crippen molar-refractivity contribution in [3.63, 3.8) is 0 Å². The molecule has 2 nitrogen and oxygen atoms in total. The SMILES string of the molecule is C/C(=C/C(=O)P)C(=O)P. The molecule has 0 aromatic carbocycles. The van der Waals surface area contributed by atoms with Gasteiger partial charge < -0.3 is 0 Å². The van der Waals surface area contributed by atoms with E-state index in [1.54, 1.807) is 6.92 Å². The van der Waals surface area contributed by atoms with E-state index in [-0.39, 0.29) is 11.0 Å². The van der Waals surface area contributed by atoms with Gasteiger partial charge in [-0.2, -0.15) is 0 Å². The van der Waals surface area contributed by atoms with Crippen LogP contribution in [0.2, 0.25) is 0 Å². The molecule has 0 aliphatic carbocycles. The molecular weight excluding hydrogens is 154 g/mol. The summed E-state index contributed by atoms with van der Waals surface area (Å²) in [6.45, 7) is 1.59. The van der Waals surface area contributed by atoms with Gasteiger partial charge in [0, 0.05) is 0 Å². The summed E-state index contributed by atoms with van der Waals surface area (Å²) in [6.07, 6.45) is 1.28. The highest BCUT2D eigenvalue weighted by Gasteiger charge is 1.95. The fourth-order valence-corrected chi connectivity index (χ4v) is 0.618. The largest absolute Gasteiger partial charge is 0.290 e. The average Bonchev–Trinajstić information content (AvgIpc) is 1.63. The number of hydrogen-bond acceptors (Lipinski definition) is 2. The van der Waals surface area contributed by atoms with Crippen LogP contribution in [0.3, 0.4) is 0 Å². The molecule has 0 aliphatic rings. The standard InChI is InChI=1S/C5H8O2P2/c1-3(5(7)9)2-4(6)8/h2H,8-9H2,1H3/b3-2-. The Kier molecular flexibility index (Phi) is 3.84. The van der Waals surface area contributed by atoms with Gasteiger partial charge >= 0.3 is 0 Å². The highest BCUT2D eigenvalue weighted by atomic mass is 31.0. The molecule has 0 amide bonds. The monoisotopic (exact) mass is 162 g/mol. The molecule has 0 rings (SSSR count). The molecule has 0 saturated heterocycles. The summed E-state index contributed by atoms with van der Waals surface area (Å²) < 4.78 is 0. The van der Waals surface area contributed by atoms with Gasteiger partial charge in [-0.05, 0) is 18.6 Å². The minimum absolute atomic E-state index is 0.147. The maximum Gasteiger partial charge on any atom is 0.173 e. The molecule has 0 fully saturated rings. The van der Waals surface area contributed by atoms with Crippen molar-refractivity contribution in [3.8, 4) is 0 Å².